The monoisotopic (exact) mass is 463 g/mol. The van der Waals surface area contributed by atoms with Crippen molar-refractivity contribution in [2.45, 2.75) is 29.8 Å². The van der Waals surface area contributed by atoms with E-state index in [1.165, 1.54) is 4.90 Å². The number of fused-ring (bicyclic) bond motifs is 3. The average molecular weight is 464 g/mol. The number of nitrogens with zero attached hydrogens (tertiary/aromatic N) is 2. The van der Waals surface area contributed by atoms with Gasteiger partial charge in [-0.15, -0.1) is 0 Å². The summed E-state index contributed by atoms with van der Waals surface area (Å²) in [5.41, 5.74) is 1.26. The van der Waals surface area contributed by atoms with Crippen LogP contribution in [-0.4, -0.2) is 33.5 Å². The summed E-state index contributed by atoms with van der Waals surface area (Å²) in [6.45, 7) is 0.821. The molecule has 5 rings (SSSR count). The molecule has 0 radical (unpaired) electrons. The van der Waals surface area contributed by atoms with E-state index in [0.29, 0.717) is 20.6 Å². The third kappa shape index (κ3) is 3.03. The van der Waals surface area contributed by atoms with Gasteiger partial charge in [-0.25, -0.2) is 14.2 Å². The van der Waals surface area contributed by atoms with E-state index < -0.39 is 22.8 Å². The van der Waals surface area contributed by atoms with E-state index in [1.54, 1.807) is 36.4 Å². The summed E-state index contributed by atoms with van der Waals surface area (Å²) in [5, 5.41) is 6.31. The zero-order valence-electron chi connectivity index (χ0n) is 15.8. The minimum atomic E-state index is -1.62. The molecule has 2 amide bonds. The topological polar surface area (TPSA) is 83.7 Å². The number of hydrogen-bond acceptors (Lipinski definition) is 4. The lowest BCUT2D eigenvalue weighted by atomic mass is 9.85. The summed E-state index contributed by atoms with van der Waals surface area (Å²) in [6.07, 6.45) is 1.83. The van der Waals surface area contributed by atoms with Crippen molar-refractivity contribution in [3.63, 3.8) is 0 Å². The van der Waals surface area contributed by atoms with Crippen LogP contribution in [0.3, 0.4) is 0 Å². The molecule has 3 fully saturated rings. The molecule has 0 saturated carbocycles. The molecule has 6 nitrogen and oxygen atoms in total. The lowest BCUT2D eigenvalue weighted by Gasteiger charge is -2.29. The molecule has 0 bridgehead atoms. The first-order valence-electron chi connectivity index (χ1n) is 9.72. The van der Waals surface area contributed by atoms with Crippen molar-refractivity contribution in [1.29, 1.82) is 0 Å². The molecule has 3 aliphatic rings. The molecule has 9 heteroatoms. The first kappa shape index (κ1) is 20.2. The van der Waals surface area contributed by atoms with Crippen LogP contribution in [-0.2, 0) is 20.6 Å². The predicted molar refractivity (Wildman–Crippen MR) is 115 cm³/mol. The normalized spacial score (nSPS) is 29.4. The summed E-state index contributed by atoms with van der Waals surface area (Å²) in [6, 6.07) is 11.7. The van der Waals surface area contributed by atoms with Gasteiger partial charge in [0.25, 0.3) is 0 Å². The Morgan fingerprint density at radius 2 is 1.70 bits per heavy atom. The molecular weight excluding hydrogens is 445 g/mol. The first-order valence-corrected chi connectivity index (χ1v) is 11.7. The molecule has 0 aliphatic carbocycles. The summed E-state index contributed by atoms with van der Waals surface area (Å²) in [5.74, 6) is -1.39. The minimum absolute atomic E-state index is 0.00290. The molecule has 0 spiro atoms. The summed E-state index contributed by atoms with van der Waals surface area (Å²) in [4.78, 5) is 31.0. The van der Waals surface area contributed by atoms with Crippen LogP contribution < -0.4 is 10.0 Å². The van der Waals surface area contributed by atoms with Gasteiger partial charge >= 0.3 is 0 Å². The molecule has 0 aromatic heterocycles. The highest BCUT2D eigenvalue weighted by Gasteiger charge is 2.63. The first-order chi connectivity index (χ1) is 14.4. The number of anilines is 1. The number of carbonyl (C=O) groups is 2. The van der Waals surface area contributed by atoms with Crippen molar-refractivity contribution in [2.24, 2.45) is 17.0 Å². The van der Waals surface area contributed by atoms with Crippen LogP contribution in [0.4, 0.5) is 5.69 Å². The number of hydrogen-bond donors (Lipinski definition) is 1. The van der Waals surface area contributed by atoms with Crippen molar-refractivity contribution < 1.29 is 13.8 Å². The summed E-state index contributed by atoms with van der Waals surface area (Å²) in [7, 11) is -1.62. The van der Waals surface area contributed by atoms with Crippen molar-refractivity contribution >= 4 is 51.7 Å². The van der Waals surface area contributed by atoms with E-state index in [2.05, 4.69) is 4.90 Å². The largest absolute Gasteiger partial charge is 0.292 e. The second-order valence-electron chi connectivity index (χ2n) is 7.95. The molecule has 2 N–H and O–H groups in total. The Morgan fingerprint density at radius 1 is 1.00 bits per heavy atom. The average Bonchev–Trinajstić information content (AvgIpc) is 3.33. The van der Waals surface area contributed by atoms with Gasteiger partial charge in [0.2, 0.25) is 11.8 Å². The van der Waals surface area contributed by atoms with Crippen molar-refractivity contribution in [3.05, 3.63) is 58.1 Å². The maximum atomic E-state index is 13.6. The number of nitrogens with two attached hydrogens (primary N) is 1. The van der Waals surface area contributed by atoms with E-state index in [-0.39, 0.29) is 23.9 Å². The molecule has 3 heterocycles. The van der Waals surface area contributed by atoms with Crippen LogP contribution in [0.25, 0.3) is 0 Å². The van der Waals surface area contributed by atoms with Crippen molar-refractivity contribution in [2.75, 3.05) is 11.4 Å². The standard InChI is InChI=1S/C21H19Cl2N3O3S/c22-12-8-13(23)10-14(9-12)26-20(27)17-16-5-2-6-25(16)19(18(17)21(26)28)11-3-1-4-15(7-11)30(24)29/h1,3-4,7-10,16-19H,2,5-6,24H2. The maximum absolute atomic E-state index is 13.6. The Kier molecular flexibility index (Phi) is 4.99. The molecule has 3 aliphatic heterocycles. The van der Waals surface area contributed by atoms with Crippen LogP contribution in [0.15, 0.2) is 47.4 Å². The fourth-order valence-corrected chi connectivity index (χ4v) is 6.33. The highest BCUT2D eigenvalue weighted by molar-refractivity contribution is 7.82. The molecular formula is C21H19Cl2N3O3S. The highest BCUT2D eigenvalue weighted by Crippen LogP contribution is 2.54. The molecule has 156 valence electrons. The van der Waals surface area contributed by atoms with Crippen LogP contribution in [0.2, 0.25) is 10.0 Å². The fourth-order valence-electron chi connectivity index (χ4n) is 5.35. The van der Waals surface area contributed by atoms with E-state index in [1.807, 2.05) is 6.07 Å². The van der Waals surface area contributed by atoms with Gasteiger partial charge in [0.1, 0.15) is 11.0 Å². The second kappa shape index (κ2) is 7.43. The Balaban J connectivity index is 1.60. The number of rotatable bonds is 3. The Hall–Kier alpha value is -1.77. The zero-order chi connectivity index (χ0) is 21.2. The van der Waals surface area contributed by atoms with E-state index >= 15 is 0 Å². The second-order valence-corrected chi connectivity index (χ2v) is 9.89. The molecule has 30 heavy (non-hydrogen) atoms. The van der Waals surface area contributed by atoms with Gasteiger partial charge in [-0.2, -0.15) is 0 Å². The number of halogens is 2. The predicted octanol–water partition coefficient (Wildman–Crippen LogP) is 3.30. The molecule has 5 atom stereocenters. The van der Waals surface area contributed by atoms with Crippen LogP contribution >= 0.6 is 23.2 Å². The molecule has 2 aromatic carbocycles. The fraction of sp³-hybridized carbons (Fsp3) is 0.333. The van der Waals surface area contributed by atoms with Gasteiger partial charge in [-0.3, -0.25) is 14.5 Å². The van der Waals surface area contributed by atoms with E-state index in [0.717, 1.165) is 24.9 Å². The summed E-state index contributed by atoms with van der Waals surface area (Å²) < 4.78 is 11.8. The quantitative estimate of drug-likeness (QED) is 0.707. The highest BCUT2D eigenvalue weighted by atomic mass is 35.5. The smallest absolute Gasteiger partial charge is 0.239 e. The molecule has 3 saturated heterocycles. The number of amides is 2. The lowest BCUT2D eigenvalue weighted by molar-refractivity contribution is -0.123. The zero-order valence-corrected chi connectivity index (χ0v) is 18.2. The van der Waals surface area contributed by atoms with Crippen LogP contribution in [0.5, 0.6) is 0 Å². The van der Waals surface area contributed by atoms with E-state index in [4.69, 9.17) is 28.3 Å². The van der Waals surface area contributed by atoms with Gasteiger partial charge in [0.15, 0.2) is 0 Å². The van der Waals surface area contributed by atoms with Gasteiger partial charge in [-0.1, -0.05) is 35.3 Å². The van der Waals surface area contributed by atoms with Crippen LogP contribution in [0.1, 0.15) is 24.4 Å². The van der Waals surface area contributed by atoms with Gasteiger partial charge < -0.3 is 0 Å². The Labute approximate surface area is 186 Å². The minimum Gasteiger partial charge on any atom is -0.292 e. The van der Waals surface area contributed by atoms with E-state index in [9.17, 15) is 13.8 Å². The summed E-state index contributed by atoms with van der Waals surface area (Å²) >= 11 is 12.2. The lowest BCUT2D eigenvalue weighted by Crippen LogP contribution is -2.39. The van der Waals surface area contributed by atoms with Crippen LogP contribution in [0, 0.1) is 11.8 Å². The van der Waals surface area contributed by atoms with Gasteiger partial charge in [0.05, 0.1) is 22.4 Å². The SMILES string of the molecule is NS(=O)c1cccc(C2C3C(=O)N(c4cc(Cl)cc(Cl)c4)C(=O)C3C3CCCN32)c1. The molecule has 5 unspecified atom stereocenters. The van der Waals surface area contributed by atoms with Gasteiger partial charge in [0, 0.05) is 22.1 Å². The third-order valence-electron chi connectivity index (χ3n) is 6.39. The Morgan fingerprint density at radius 3 is 2.40 bits per heavy atom. The number of benzene rings is 2. The third-order valence-corrected chi connectivity index (χ3v) is 7.54. The van der Waals surface area contributed by atoms with Crippen molar-refractivity contribution in [3.8, 4) is 0 Å². The Bertz CT molecular complexity index is 1070. The maximum Gasteiger partial charge on any atom is 0.239 e. The number of carbonyl (C=O) groups excluding carboxylic acids is 2. The molecule has 2 aromatic rings. The number of imide groups is 1. The van der Waals surface area contributed by atoms with Crippen molar-refractivity contribution in [1.82, 2.24) is 4.90 Å². The van der Waals surface area contributed by atoms with Gasteiger partial charge in [-0.05, 0) is 55.3 Å².